The Kier molecular flexibility index (Phi) is 4.52. The van der Waals surface area contributed by atoms with Crippen LogP contribution in [0.3, 0.4) is 0 Å². The van der Waals surface area contributed by atoms with Crippen molar-refractivity contribution in [1.82, 2.24) is 0 Å². The van der Waals surface area contributed by atoms with Gasteiger partial charge in [0, 0.05) is 11.6 Å². The number of hydrogen-bond acceptors (Lipinski definition) is 1. The lowest BCUT2D eigenvalue weighted by molar-refractivity contribution is 0.499. The molecule has 0 aliphatic carbocycles. The van der Waals surface area contributed by atoms with Crippen LogP contribution in [0.1, 0.15) is 53.4 Å². The second-order valence-electron chi connectivity index (χ2n) is 5.99. The molecule has 0 aromatic carbocycles. The first kappa shape index (κ1) is 13.2. The summed E-state index contributed by atoms with van der Waals surface area (Å²) in [7, 11) is 0. The Morgan fingerprint density at radius 1 is 0.812 bits per heavy atom. The van der Waals surface area contributed by atoms with Crippen LogP contribution >= 0.6 is 0 Å². The van der Waals surface area contributed by atoms with E-state index in [1.54, 1.807) is 0 Å². The average molecular weight is 219 g/mol. The third-order valence-corrected chi connectivity index (χ3v) is 2.86. The predicted octanol–water partition coefficient (Wildman–Crippen LogP) is 4.55. The van der Waals surface area contributed by atoms with E-state index in [9.17, 15) is 0 Å². The summed E-state index contributed by atoms with van der Waals surface area (Å²) in [5.74, 6) is 0. The minimum Gasteiger partial charge on any atom is -0.291 e. The molecule has 0 atom stereocenters. The first-order chi connectivity index (χ1) is 7.41. The van der Waals surface area contributed by atoms with Crippen molar-refractivity contribution in [3.63, 3.8) is 0 Å². The maximum atomic E-state index is 4.73. The smallest absolute Gasteiger partial charge is 0.0582 e. The molecule has 90 valence electrons. The number of aliphatic imine (C=N–C) groups is 1. The molecule has 0 radical (unpaired) electrons. The van der Waals surface area contributed by atoms with Crippen molar-refractivity contribution >= 4 is 6.21 Å². The van der Waals surface area contributed by atoms with Crippen LogP contribution in [0.2, 0.25) is 0 Å². The summed E-state index contributed by atoms with van der Waals surface area (Å²) < 4.78 is 0. The molecule has 0 saturated heterocycles. The van der Waals surface area contributed by atoms with E-state index in [1.807, 2.05) is 0 Å². The molecule has 0 fully saturated rings. The van der Waals surface area contributed by atoms with Crippen molar-refractivity contribution in [2.24, 2.45) is 10.4 Å². The van der Waals surface area contributed by atoms with E-state index in [0.29, 0.717) is 0 Å². The lowest BCUT2D eigenvalue weighted by atomic mass is 9.89. The van der Waals surface area contributed by atoms with Crippen LogP contribution in [-0.2, 0) is 0 Å². The number of rotatable bonds is 0. The molecule has 0 saturated carbocycles. The lowest BCUT2D eigenvalue weighted by Crippen LogP contribution is -2.20. The fraction of sp³-hybridized carbons (Fsp3) is 0.667. The molecule has 1 aliphatic rings. The van der Waals surface area contributed by atoms with Crippen molar-refractivity contribution in [2.45, 2.75) is 58.9 Å². The first-order valence-electron chi connectivity index (χ1n) is 6.28. The third-order valence-electron chi connectivity index (χ3n) is 2.86. The second-order valence-corrected chi connectivity index (χ2v) is 5.99. The van der Waals surface area contributed by atoms with Gasteiger partial charge in [0.25, 0.3) is 0 Å². The van der Waals surface area contributed by atoms with Gasteiger partial charge in [-0.3, -0.25) is 4.99 Å². The Morgan fingerprint density at radius 2 is 1.38 bits per heavy atom. The normalized spacial score (nSPS) is 28.8. The van der Waals surface area contributed by atoms with Crippen molar-refractivity contribution in [3.8, 4) is 0 Å². The molecule has 1 rings (SSSR count). The van der Waals surface area contributed by atoms with E-state index < -0.39 is 0 Å². The van der Waals surface area contributed by atoms with E-state index >= 15 is 0 Å². The minimum absolute atomic E-state index is 0.0384. The van der Waals surface area contributed by atoms with Crippen LogP contribution in [0.4, 0.5) is 0 Å². The molecule has 1 heterocycles. The van der Waals surface area contributed by atoms with E-state index in [4.69, 9.17) is 4.99 Å². The number of allylic oxidation sites excluding steroid dienone is 3. The Balaban J connectivity index is 2.80. The molecule has 1 heteroatoms. The van der Waals surface area contributed by atoms with Gasteiger partial charge in [-0.1, -0.05) is 38.2 Å². The Hall–Kier alpha value is -0.850. The van der Waals surface area contributed by atoms with E-state index in [0.717, 1.165) is 25.7 Å². The largest absolute Gasteiger partial charge is 0.291 e. The molecule has 0 aromatic heterocycles. The molecule has 0 N–H and O–H groups in total. The summed E-state index contributed by atoms with van der Waals surface area (Å²) in [5, 5.41) is 0. The maximum Gasteiger partial charge on any atom is 0.0582 e. The Labute approximate surface area is 100 Å². The van der Waals surface area contributed by atoms with Gasteiger partial charge in [-0.05, 0) is 39.5 Å². The lowest BCUT2D eigenvalue weighted by Gasteiger charge is -2.23. The van der Waals surface area contributed by atoms with Gasteiger partial charge >= 0.3 is 0 Å². The first-order valence-corrected chi connectivity index (χ1v) is 6.28. The zero-order valence-electron chi connectivity index (χ0n) is 11.2. The van der Waals surface area contributed by atoms with Gasteiger partial charge in [-0.2, -0.15) is 0 Å². The highest BCUT2D eigenvalue weighted by Gasteiger charge is 2.17. The maximum absolute atomic E-state index is 4.73. The van der Waals surface area contributed by atoms with Crippen LogP contribution in [0.15, 0.2) is 29.3 Å². The van der Waals surface area contributed by atoms with Crippen LogP contribution in [0.5, 0.6) is 0 Å². The van der Waals surface area contributed by atoms with Crippen molar-refractivity contribution in [1.29, 1.82) is 0 Å². The number of nitrogens with zero attached hydrogens (tertiary/aromatic N) is 1. The Bertz CT molecular complexity index is 263. The van der Waals surface area contributed by atoms with Gasteiger partial charge in [-0.15, -0.1) is 0 Å². The van der Waals surface area contributed by atoms with Crippen LogP contribution in [-0.4, -0.2) is 11.8 Å². The van der Waals surface area contributed by atoms with Crippen LogP contribution in [0.25, 0.3) is 0 Å². The van der Waals surface area contributed by atoms with Gasteiger partial charge in [0.1, 0.15) is 0 Å². The van der Waals surface area contributed by atoms with Gasteiger partial charge < -0.3 is 0 Å². The van der Waals surface area contributed by atoms with Gasteiger partial charge in [0.05, 0.1) is 5.54 Å². The summed E-state index contributed by atoms with van der Waals surface area (Å²) in [4.78, 5) is 4.73. The minimum atomic E-state index is 0.0384. The third kappa shape index (κ3) is 5.29. The summed E-state index contributed by atoms with van der Waals surface area (Å²) in [6, 6.07) is 0. The molecule has 0 bridgehead atoms. The Morgan fingerprint density at radius 3 is 2.00 bits per heavy atom. The fourth-order valence-electron chi connectivity index (χ4n) is 1.64. The van der Waals surface area contributed by atoms with Gasteiger partial charge in [-0.25, -0.2) is 0 Å². The highest BCUT2D eigenvalue weighted by atomic mass is 14.8. The molecule has 0 unspecified atom stereocenters. The zero-order valence-corrected chi connectivity index (χ0v) is 11.2. The number of hydrogen-bond donors (Lipinski definition) is 0. The van der Waals surface area contributed by atoms with E-state index in [-0.39, 0.29) is 11.0 Å². The van der Waals surface area contributed by atoms with E-state index in [1.165, 1.54) is 0 Å². The summed E-state index contributed by atoms with van der Waals surface area (Å²) in [5.41, 5.74) is 0.216. The van der Waals surface area contributed by atoms with Crippen LogP contribution < -0.4 is 0 Å². The molecule has 1 aliphatic heterocycles. The molecule has 0 amide bonds. The molecular weight excluding hydrogens is 194 g/mol. The quantitative estimate of drug-likeness (QED) is 0.530. The standard InChI is InChI=1S/C15H25N/c1-14(2)11-9-7-5-6-8-10-12-15(3,4)16-13-14/h7-10,13H,5-6,11-12H2,1-4H3/b9-7-,10-8-,16-13?. The summed E-state index contributed by atoms with van der Waals surface area (Å²) in [6.45, 7) is 8.90. The summed E-state index contributed by atoms with van der Waals surface area (Å²) in [6.07, 6.45) is 15.7. The van der Waals surface area contributed by atoms with Gasteiger partial charge in [0.2, 0.25) is 0 Å². The monoisotopic (exact) mass is 219 g/mol. The molecule has 0 spiro atoms. The molecule has 0 aromatic rings. The average Bonchev–Trinajstić information content (AvgIpc) is 2.18. The predicted molar refractivity (Wildman–Crippen MR) is 73.1 cm³/mol. The molecule has 1 nitrogen and oxygen atoms in total. The fourth-order valence-corrected chi connectivity index (χ4v) is 1.64. The highest BCUT2D eigenvalue weighted by molar-refractivity contribution is 5.65. The van der Waals surface area contributed by atoms with Crippen molar-refractivity contribution in [2.75, 3.05) is 0 Å². The molecular formula is C15H25N. The van der Waals surface area contributed by atoms with E-state index in [2.05, 4.69) is 58.2 Å². The van der Waals surface area contributed by atoms with Gasteiger partial charge in [0.15, 0.2) is 0 Å². The topological polar surface area (TPSA) is 12.4 Å². The van der Waals surface area contributed by atoms with Crippen molar-refractivity contribution in [3.05, 3.63) is 24.3 Å². The zero-order chi connectivity index (χ0) is 12.1. The summed E-state index contributed by atoms with van der Waals surface area (Å²) >= 11 is 0. The second kappa shape index (κ2) is 5.47. The van der Waals surface area contributed by atoms with Crippen molar-refractivity contribution < 1.29 is 0 Å². The van der Waals surface area contributed by atoms with Crippen LogP contribution in [0, 0.1) is 5.41 Å². The SMILES string of the molecule is CC1(C)C=NC(C)(C)C/C=C\CC/C=C\C1. The molecule has 16 heavy (non-hydrogen) atoms. The highest BCUT2D eigenvalue weighted by Crippen LogP contribution is 2.22.